The summed E-state index contributed by atoms with van der Waals surface area (Å²) in [6, 6.07) is 8.01. The summed E-state index contributed by atoms with van der Waals surface area (Å²) >= 11 is 3.28. The fourth-order valence-electron chi connectivity index (χ4n) is 2.58. The fraction of sp³-hybridized carbons (Fsp3) is 0.353. The molecule has 0 aliphatic heterocycles. The molecule has 0 aliphatic rings. The van der Waals surface area contributed by atoms with Gasteiger partial charge in [-0.2, -0.15) is 8.42 Å². The van der Waals surface area contributed by atoms with Gasteiger partial charge in [0.1, 0.15) is 11.4 Å². The zero-order valence-electron chi connectivity index (χ0n) is 14.9. The van der Waals surface area contributed by atoms with Crippen molar-refractivity contribution in [2.45, 2.75) is 32.1 Å². The molecule has 0 saturated carbocycles. The van der Waals surface area contributed by atoms with Crippen molar-refractivity contribution in [3.63, 3.8) is 0 Å². The van der Waals surface area contributed by atoms with Crippen LogP contribution < -0.4 is 4.90 Å². The number of rotatable bonds is 8. The number of hydrogen-bond acceptors (Lipinski definition) is 7. The molecule has 2 N–H and O–H groups in total. The van der Waals surface area contributed by atoms with Crippen LogP contribution in [0, 0.1) is 0 Å². The molecule has 2 rings (SSSR count). The Labute approximate surface area is 223 Å². The number of phenolic OH excluding ortho intramolecular Hbond substituents is 1. The average molecular weight is 505 g/mol. The van der Waals surface area contributed by atoms with Gasteiger partial charge in [-0.1, -0.05) is 13.8 Å². The van der Waals surface area contributed by atoms with Crippen LogP contribution in [-0.2, 0) is 10.1 Å². The molecular formula is C17H23BrN4Na2O4S. The summed E-state index contributed by atoms with van der Waals surface area (Å²) < 4.78 is 33.7. The monoisotopic (exact) mass is 504 g/mol. The van der Waals surface area contributed by atoms with Gasteiger partial charge in [-0.25, -0.2) is 4.98 Å². The molecule has 0 fully saturated rings. The van der Waals surface area contributed by atoms with E-state index in [0.717, 1.165) is 4.47 Å². The number of aromatic nitrogens is 1. The van der Waals surface area contributed by atoms with Crippen LogP contribution in [0.1, 0.15) is 26.7 Å². The van der Waals surface area contributed by atoms with Gasteiger partial charge < -0.3 is 10.0 Å². The van der Waals surface area contributed by atoms with Crippen LogP contribution >= 0.6 is 15.9 Å². The number of aromatic hydroxyl groups is 1. The van der Waals surface area contributed by atoms with Crippen molar-refractivity contribution in [1.29, 1.82) is 0 Å². The molecule has 1 aromatic carbocycles. The second-order valence-corrected chi connectivity index (χ2v) is 8.27. The Morgan fingerprint density at radius 2 is 1.86 bits per heavy atom. The summed E-state index contributed by atoms with van der Waals surface area (Å²) in [5.74, 6) is 0.228. The molecule has 1 unspecified atom stereocenters. The Hall–Kier alpha value is -0.0400. The summed E-state index contributed by atoms with van der Waals surface area (Å²) in [5.41, 5.74) is 0.694. The van der Waals surface area contributed by atoms with Gasteiger partial charge in [0, 0.05) is 29.0 Å². The summed E-state index contributed by atoms with van der Waals surface area (Å²) in [6.07, 6.45) is 2.46. The van der Waals surface area contributed by atoms with Gasteiger partial charge in [0.2, 0.25) is 0 Å². The van der Waals surface area contributed by atoms with E-state index in [-0.39, 0.29) is 77.0 Å². The van der Waals surface area contributed by atoms with Gasteiger partial charge in [0.15, 0.2) is 11.2 Å². The van der Waals surface area contributed by atoms with Crippen LogP contribution in [0.15, 0.2) is 51.2 Å². The maximum atomic E-state index is 11.7. The molecule has 29 heavy (non-hydrogen) atoms. The van der Waals surface area contributed by atoms with E-state index in [1.807, 2.05) is 6.92 Å². The molecule has 0 radical (unpaired) electrons. The van der Waals surface area contributed by atoms with Gasteiger partial charge in [0.05, 0.1) is 0 Å². The van der Waals surface area contributed by atoms with E-state index < -0.39 is 15.5 Å². The van der Waals surface area contributed by atoms with Crippen molar-refractivity contribution in [2.24, 2.45) is 10.2 Å². The van der Waals surface area contributed by atoms with Crippen molar-refractivity contribution in [3.05, 3.63) is 41.0 Å². The van der Waals surface area contributed by atoms with Crippen molar-refractivity contribution in [3.8, 4) is 5.75 Å². The van der Waals surface area contributed by atoms with Gasteiger partial charge in [-0.05, 0) is 53.0 Å². The van der Waals surface area contributed by atoms with E-state index in [1.165, 1.54) is 12.1 Å². The molecular weight excluding hydrogens is 482 g/mol. The molecule has 150 valence electrons. The topological polar surface area (TPSA) is 115 Å². The number of pyridine rings is 1. The molecule has 0 saturated heterocycles. The predicted octanol–water partition coefficient (Wildman–Crippen LogP) is 3.51. The van der Waals surface area contributed by atoms with E-state index in [0.29, 0.717) is 24.5 Å². The second-order valence-electron chi connectivity index (χ2n) is 5.78. The van der Waals surface area contributed by atoms with Gasteiger partial charge in [-0.15, -0.1) is 10.2 Å². The van der Waals surface area contributed by atoms with Crippen molar-refractivity contribution in [1.82, 2.24) is 4.98 Å². The third-order valence-corrected chi connectivity index (χ3v) is 5.51. The Morgan fingerprint density at radius 3 is 2.34 bits per heavy atom. The van der Waals surface area contributed by atoms with Crippen molar-refractivity contribution in [2.75, 3.05) is 11.4 Å². The normalized spacial score (nSPS) is 12.1. The summed E-state index contributed by atoms with van der Waals surface area (Å²) in [6.45, 7) is 3.98. The quantitative estimate of drug-likeness (QED) is 0.322. The zero-order chi connectivity index (χ0) is 20.0. The minimum atomic E-state index is -4.27. The van der Waals surface area contributed by atoms with E-state index in [4.69, 9.17) is 0 Å². The third-order valence-electron chi connectivity index (χ3n) is 3.77. The molecule has 2 aromatic rings. The number of halogens is 1. The number of benzene rings is 1. The van der Waals surface area contributed by atoms with Crippen LogP contribution in [0.5, 0.6) is 5.75 Å². The number of phenols is 1. The summed E-state index contributed by atoms with van der Waals surface area (Å²) in [7, 11) is -4.27. The first-order valence-corrected chi connectivity index (χ1v) is 10.6. The molecule has 12 heteroatoms. The molecule has 8 nitrogen and oxygen atoms in total. The van der Waals surface area contributed by atoms with Crippen LogP contribution in [-0.4, -0.2) is 94.1 Å². The summed E-state index contributed by atoms with van der Waals surface area (Å²) in [5, 5.41) is 17.1. The van der Waals surface area contributed by atoms with Gasteiger partial charge in [-0.3, -0.25) is 4.55 Å². The van der Waals surface area contributed by atoms with E-state index >= 15 is 0 Å². The van der Waals surface area contributed by atoms with Gasteiger partial charge in [0.25, 0.3) is 10.1 Å². The zero-order valence-corrected chi connectivity index (χ0v) is 17.4. The number of nitrogens with zero attached hydrogens (tertiary/aromatic N) is 4. The maximum absolute atomic E-state index is 11.7. The Balaban J connectivity index is 0.00000392. The number of anilines is 1. The minimum absolute atomic E-state index is 0. The Kier molecular flexibility index (Phi) is 13.4. The first-order chi connectivity index (χ1) is 12.8. The van der Waals surface area contributed by atoms with Crippen LogP contribution in [0.3, 0.4) is 0 Å². The summed E-state index contributed by atoms with van der Waals surface area (Å²) in [4.78, 5) is 5.61. The molecule has 0 amide bonds. The van der Waals surface area contributed by atoms with Gasteiger partial charge >= 0.3 is 59.1 Å². The standard InChI is InChI=1S/C17H21BrN4O4S.2Na.2H/c1-3-9-22(17(4-2)27(24,25)26)13-6-7-14(15(23)10-13)20-21-16-8-5-12(18)11-19-16;;;;/h5-8,10-11,17,23H,3-4,9H2,1-2H3,(H,24,25,26);;;;/b21-20+;;;;. The molecule has 0 aliphatic carbocycles. The van der Waals surface area contributed by atoms with E-state index in [2.05, 4.69) is 31.1 Å². The van der Waals surface area contributed by atoms with Crippen molar-refractivity contribution < 1.29 is 18.1 Å². The molecule has 0 spiro atoms. The molecule has 1 atom stereocenters. The first kappa shape index (κ1) is 29.0. The average Bonchev–Trinajstić information content (AvgIpc) is 2.61. The first-order valence-electron chi connectivity index (χ1n) is 8.35. The number of azo groups is 1. The molecule has 0 bridgehead atoms. The number of hydrogen-bond donors (Lipinski definition) is 2. The second kappa shape index (κ2) is 13.4. The van der Waals surface area contributed by atoms with Crippen LogP contribution in [0.2, 0.25) is 0 Å². The van der Waals surface area contributed by atoms with Crippen LogP contribution in [0.25, 0.3) is 0 Å². The molecule has 1 heterocycles. The Bertz CT molecular complexity index is 914. The van der Waals surface area contributed by atoms with E-state index in [1.54, 1.807) is 36.2 Å². The predicted molar refractivity (Wildman–Crippen MR) is 122 cm³/mol. The fourth-order valence-corrected chi connectivity index (χ4v) is 3.78. The SMILES string of the molecule is CCCN(c1ccc(/N=N/c2ccc(Br)cn2)c(O)c1)C(CC)S(=O)(=O)O.[NaH].[NaH]. The van der Waals surface area contributed by atoms with E-state index in [9.17, 15) is 18.1 Å². The van der Waals surface area contributed by atoms with Crippen LogP contribution in [0.4, 0.5) is 17.2 Å². The molecule has 1 aromatic heterocycles. The van der Waals surface area contributed by atoms with Crippen molar-refractivity contribution >= 4 is 102 Å². The third kappa shape index (κ3) is 8.54. The Morgan fingerprint density at radius 1 is 1.17 bits per heavy atom.